The van der Waals surface area contributed by atoms with Gasteiger partial charge in [-0.05, 0) is 44.0 Å². The van der Waals surface area contributed by atoms with Gasteiger partial charge in [-0.15, -0.1) is 0 Å². The lowest BCUT2D eigenvalue weighted by atomic mass is 10.0. The molecule has 0 aliphatic rings. The minimum atomic E-state index is 0.451. The van der Waals surface area contributed by atoms with Gasteiger partial charge in [0.15, 0.2) is 0 Å². The molecule has 0 bridgehead atoms. The van der Waals surface area contributed by atoms with Crippen LogP contribution in [-0.4, -0.2) is 22.6 Å². The Kier molecular flexibility index (Phi) is 4.59. The van der Waals surface area contributed by atoms with Crippen molar-refractivity contribution in [3.63, 3.8) is 0 Å². The van der Waals surface area contributed by atoms with Crippen molar-refractivity contribution in [2.24, 2.45) is 11.8 Å². The average molecular weight is 259 g/mol. The number of imidazole rings is 1. The highest BCUT2D eigenvalue weighted by Gasteiger charge is 2.15. The summed E-state index contributed by atoms with van der Waals surface area (Å²) in [5.74, 6) is 1.29. The van der Waals surface area contributed by atoms with Crippen LogP contribution in [0.5, 0.6) is 0 Å². The molecular weight excluding hydrogens is 234 g/mol. The summed E-state index contributed by atoms with van der Waals surface area (Å²) in [5.41, 5.74) is 2.31. The predicted octanol–water partition coefficient (Wildman–Crippen LogP) is 3.48. The van der Waals surface area contributed by atoms with Crippen molar-refractivity contribution in [1.82, 2.24) is 14.9 Å². The standard InChI is InChI=1S/C16H25N3/c1-12(2)9-17-10-13(3)14(4)19-11-18-15-7-5-6-8-16(15)19/h5-8,11-14,17H,9-10H2,1-4H3. The maximum Gasteiger partial charge on any atom is 0.0960 e. The van der Waals surface area contributed by atoms with Gasteiger partial charge in [-0.2, -0.15) is 0 Å². The zero-order chi connectivity index (χ0) is 13.8. The topological polar surface area (TPSA) is 29.9 Å². The third-order valence-corrected chi connectivity index (χ3v) is 3.76. The summed E-state index contributed by atoms with van der Waals surface area (Å²) in [5, 5.41) is 3.54. The van der Waals surface area contributed by atoms with Crippen molar-refractivity contribution in [2.45, 2.75) is 33.7 Å². The van der Waals surface area contributed by atoms with E-state index in [9.17, 15) is 0 Å². The lowest BCUT2D eigenvalue weighted by Gasteiger charge is -2.23. The third kappa shape index (κ3) is 3.35. The van der Waals surface area contributed by atoms with Gasteiger partial charge in [0.2, 0.25) is 0 Å². The molecular formula is C16H25N3. The number of nitrogens with one attached hydrogen (secondary N) is 1. The Hall–Kier alpha value is -1.35. The molecule has 0 amide bonds. The van der Waals surface area contributed by atoms with Crippen LogP contribution in [0.25, 0.3) is 11.0 Å². The molecule has 1 N–H and O–H groups in total. The van der Waals surface area contributed by atoms with E-state index >= 15 is 0 Å². The summed E-state index contributed by atoms with van der Waals surface area (Å²) in [7, 11) is 0. The number of hydrogen-bond donors (Lipinski definition) is 1. The molecule has 104 valence electrons. The predicted molar refractivity (Wildman–Crippen MR) is 81.3 cm³/mol. The van der Waals surface area contributed by atoms with Crippen molar-refractivity contribution in [3.8, 4) is 0 Å². The van der Waals surface area contributed by atoms with E-state index in [2.05, 4.69) is 60.8 Å². The minimum absolute atomic E-state index is 0.451. The zero-order valence-electron chi connectivity index (χ0n) is 12.4. The zero-order valence-corrected chi connectivity index (χ0v) is 12.4. The molecule has 1 heterocycles. The van der Waals surface area contributed by atoms with E-state index in [0.717, 1.165) is 18.6 Å². The fourth-order valence-electron chi connectivity index (χ4n) is 2.35. The lowest BCUT2D eigenvalue weighted by Crippen LogP contribution is -2.29. The summed E-state index contributed by atoms with van der Waals surface area (Å²) >= 11 is 0. The highest BCUT2D eigenvalue weighted by molar-refractivity contribution is 5.75. The lowest BCUT2D eigenvalue weighted by molar-refractivity contribution is 0.360. The van der Waals surface area contributed by atoms with Crippen LogP contribution in [0.3, 0.4) is 0 Å². The molecule has 1 aromatic heterocycles. The summed E-state index contributed by atoms with van der Waals surface area (Å²) in [6.45, 7) is 11.2. The van der Waals surface area contributed by atoms with Gasteiger partial charge in [-0.1, -0.05) is 32.9 Å². The Morgan fingerprint density at radius 2 is 1.84 bits per heavy atom. The Morgan fingerprint density at radius 3 is 2.58 bits per heavy atom. The number of fused-ring (bicyclic) bond motifs is 1. The normalized spacial score (nSPS) is 15.0. The second-order valence-corrected chi connectivity index (χ2v) is 5.91. The molecule has 3 nitrogen and oxygen atoms in total. The molecule has 0 saturated heterocycles. The van der Waals surface area contributed by atoms with Gasteiger partial charge < -0.3 is 9.88 Å². The van der Waals surface area contributed by atoms with Crippen LogP contribution in [0, 0.1) is 11.8 Å². The first-order valence-corrected chi connectivity index (χ1v) is 7.22. The fraction of sp³-hybridized carbons (Fsp3) is 0.562. The van der Waals surface area contributed by atoms with Gasteiger partial charge in [0.25, 0.3) is 0 Å². The van der Waals surface area contributed by atoms with E-state index in [-0.39, 0.29) is 0 Å². The molecule has 1 aromatic carbocycles. The molecule has 0 saturated carbocycles. The van der Waals surface area contributed by atoms with E-state index in [4.69, 9.17) is 0 Å². The average Bonchev–Trinajstić information content (AvgIpc) is 2.81. The number of para-hydroxylation sites is 2. The van der Waals surface area contributed by atoms with E-state index in [1.807, 2.05) is 12.4 Å². The van der Waals surface area contributed by atoms with Gasteiger partial charge in [0.05, 0.1) is 17.4 Å². The summed E-state index contributed by atoms with van der Waals surface area (Å²) in [6.07, 6.45) is 1.97. The van der Waals surface area contributed by atoms with Crippen LogP contribution in [-0.2, 0) is 0 Å². The van der Waals surface area contributed by atoms with Crippen molar-refractivity contribution in [2.75, 3.05) is 13.1 Å². The molecule has 0 aliphatic heterocycles. The third-order valence-electron chi connectivity index (χ3n) is 3.76. The largest absolute Gasteiger partial charge is 0.327 e. The minimum Gasteiger partial charge on any atom is -0.327 e. The van der Waals surface area contributed by atoms with Crippen LogP contribution in [0.15, 0.2) is 30.6 Å². The molecule has 2 atom stereocenters. The Morgan fingerprint density at radius 1 is 1.11 bits per heavy atom. The number of benzene rings is 1. The Bertz CT molecular complexity index is 515. The van der Waals surface area contributed by atoms with E-state index < -0.39 is 0 Å². The van der Waals surface area contributed by atoms with Gasteiger partial charge in [0.1, 0.15) is 0 Å². The highest BCUT2D eigenvalue weighted by atomic mass is 15.1. The SMILES string of the molecule is CC(C)CNCC(C)C(C)n1cnc2ccccc21. The van der Waals surface area contributed by atoms with E-state index in [0.29, 0.717) is 17.9 Å². The smallest absolute Gasteiger partial charge is 0.0960 e. The Balaban J connectivity index is 2.04. The van der Waals surface area contributed by atoms with Gasteiger partial charge in [-0.3, -0.25) is 0 Å². The van der Waals surface area contributed by atoms with Crippen LogP contribution in [0.4, 0.5) is 0 Å². The molecule has 2 unspecified atom stereocenters. The fourth-order valence-corrected chi connectivity index (χ4v) is 2.35. The first-order valence-electron chi connectivity index (χ1n) is 7.22. The van der Waals surface area contributed by atoms with E-state index in [1.54, 1.807) is 0 Å². The Labute approximate surface area is 116 Å². The van der Waals surface area contributed by atoms with Crippen molar-refractivity contribution < 1.29 is 0 Å². The molecule has 2 aromatic rings. The molecule has 0 spiro atoms. The molecule has 0 aliphatic carbocycles. The number of rotatable bonds is 6. The quantitative estimate of drug-likeness (QED) is 0.860. The van der Waals surface area contributed by atoms with Crippen molar-refractivity contribution >= 4 is 11.0 Å². The van der Waals surface area contributed by atoms with Gasteiger partial charge >= 0.3 is 0 Å². The summed E-state index contributed by atoms with van der Waals surface area (Å²) < 4.78 is 2.29. The summed E-state index contributed by atoms with van der Waals surface area (Å²) in [4.78, 5) is 4.47. The first-order chi connectivity index (χ1) is 9.09. The van der Waals surface area contributed by atoms with Gasteiger partial charge in [-0.25, -0.2) is 4.98 Å². The first kappa shape index (κ1) is 14.1. The maximum atomic E-state index is 4.47. The number of aromatic nitrogens is 2. The van der Waals surface area contributed by atoms with Crippen molar-refractivity contribution in [3.05, 3.63) is 30.6 Å². The van der Waals surface area contributed by atoms with Crippen molar-refractivity contribution in [1.29, 1.82) is 0 Å². The monoisotopic (exact) mass is 259 g/mol. The van der Waals surface area contributed by atoms with E-state index in [1.165, 1.54) is 5.52 Å². The molecule has 19 heavy (non-hydrogen) atoms. The second-order valence-electron chi connectivity index (χ2n) is 5.91. The van der Waals surface area contributed by atoms with Gasteiger partial charge in [0, 0.05) is 6.04 Å². The van der Waals surface area contributed by atoms with Crippen LogP contribution in [0.2, 0.25) is 0 Å². The second kappa shape index (κ2) is 6.20. The highest BCUT2D eigenvalue weighted by Crippen LogP contribution is 2.22. The summed E-state index contributed by atoms with van der Waals surface area (Å²) in [6, 6.07) is 8.78. The molecule has 0 radical (unpaired) electrons. The number of hydrogen-bond acceptors (Lipinski definition) is 2. The van der Waals surface area contributed by atoms with Crippen LogP contribution < -0.4 is 5.32 Å². The van der Waals surface area contributed by atoms with Crippen LogP contribution >= 0.6 is 0 Å². The maximum absolute atomic E-state index is 4.47. The number of nitrogens with zero attached hydrogens (tertiary/aromatic N) is 2. The molecule has 0 fully saturated rings. The van der Waals surface area contributed by atoms with Crippen LogP contribution in [0.1, 0.15) is 33.7 Å². The molecule has 2 rings (SSSR count). The molecule has 3 heteroatoms.